The zero-order valence-corrected chi connectivity index (χ0v) is 16.6. The van der Waals surface area contributed by atoms with Crippen molar-refractivity contribution in [3.63, 3.8) is 0 Å². The Hall–Kier alpha value is -0.710. The zero-order valence-electron chi connectivity index (χ0n) is 14.3. The molecule has 0 unspecified atom stereocenters. The van der Waals surface area contributed by atoms with Crippen LogP contribution in [0.5, 0.6) is 0 Å². The minimum absolute atomic E-state index is 0.0382. The minimum Gasteiger partial charge on any atom is -0.465 e. The summed E-state index contributed by atoms with van der Waals surface area (Å²) in [6, 6.07) is 0. The Morgan fingerprint density at radius 3 is 2.46 bits per heavy atom. The number of alkyl halides is 3. The summed E-state index contributed by atoms with van der Waals surface area (Å²) < 4.78 is 5.40. The lowest BCUT2D eigenvalue weighted by Gasteiger charge is -2.30. The predicted molar refractivity (Wildman–Crippen MR) is 96.2 cm³/mol. The third-order valence-electron chi connectivity index (χ3n) is 4.29. The fourth-order valence-corrected chi connectivity index (χ4v) is 3.77. The molecule has 0 N–H and O–H groups in total. The topological polar surface area (TPSA) is 48.3 Å². The van der Waals surface area contributed by atoms with Crippen molar-refractivity contribution < 1.29 is 14.3 Å². The van der Waals surface area contributed by atoms with Crippen molar-refractivity contribution in [1.82, 2.24) is 4.57 Å². The number of rotatable bonds is 4. The van der Waals surface area contributed by atoms with Gasteiger partial charge in [0.25, 0.3) is 0 Å². The van der Waals surface area contributed by atoms with E-state index >= 15 is 0 Å². The maximum Gasteiger partial charge on any atom is 0.325 e. The van der Waals surface area contributed by atoms with Gasteiger partial charge in [0, 0.05) is 29.8 Å². The fraction of sp³-hybridized carbons (Fsp3) is 0.647. The van der Waals surface area contributed by atoms with Crippen LogP contribution in [0, 0.1) is 12.3 Å². The Morgan fingerprint density at radius 2 is 1.92 bits per heavy atom. The maximum absolute atomic E-state index is 12.7. The van der Waals surface area contributed by atoms with Crippen LogP contribution in [0.1, 0.15) is 54.5 Å². The molecule has 1 aromatic heterocycles. The second kappa shape index (κ2) is 6.89. The molecule has 1 aliphatic rings. The lowest BCUT2D eigenvalue weighted by Crippen LogP contribution is -2.29. The molecule has 0 amide bonds. The summed E-state index contributed by atoms with van der Waals surface area (Å²) in [5.41, 5.74) is 2.78. The van der Waals surface area contributed by atoms with Crippen molar-refractivity contribution in [3.05, 3.63) is 22.5 Å². The lowest BCUT2D eigenvalue weighted by molar-refractivity contribution is -0.143. The van der Waals surface area contributed by atoms with Crippen LogP contribution in [0.4, 0.5) is 0 Å². The highest BCUT2D eigenvalue weighted by Gasteiger charge is 2.38. The van der Waals surface area contributed by atoms with Gasteiger partial charge in [-0.15, -0.1) is 0 Å². The van der Waals surface area contributed by atoms with Gasteiger partial charge in [-0.25, -0.2) is 0 Å². The van der Waals surface area contributed by atoms with Crippen LogP contribution in [0.15, 0.2) is 0 Å². The number of hydrogen-bond acceptors (Lipinski definition) is 3. The molecule has 0 saturated carbocycles. The molecule has 24 heavy (non-hydrogen) atoms. The predicted octanol–water partition coefficient (Wildman–Crippen LogP) is 4.43. The first-order valence-electron chi connectivity index (χ1n) is 7.91. The molecule has 134 valence electrons. The van der Waals surface area contributed by atoms with Crippen molar-refractivity contribution in [3.8, 4) is 0 Å². The number of ether oxygens (including phenoxy) is 1. The van der Waals surface area contributed by atoms with Crippen LogP contribution in [0.2, 0.25) is 0 Å². The maximum atomic E-state index is 12.7. The summed E-state index contributed by atoms with van der Waals surface area (Å²) in [6.45, 7) is 8.07. The monoisotopic (exact) mass is 393 g/mol. The van der Waals surface area contributed by atoms with Gasteiger partial charge in [0.15, 0.2) is 9.58 Å². The van der Waals surface area contributed by atoms with Crippen LogP contribution in [0.3, 0.4) is 0 Å². The molecule has 2 rings (SSSR count). The first-order chi connectivity index (χ1) is 10.9. The zero-order chi connectivity index (χ0) is 18.3. The molecule has 0 spiro atoms. The average Bonchev–Trinajstić information content (AvgIpc) is 2.61. The highest BCUT2D eigenvalue weighted by Crippen LogP contribution is 2.41. The quantitative estimate of drug-likeness (QED) is 0.561. The number of fused-ring (bicyclic) bond motifs is 1. The number of halogens is 3. The molecule has 0 fully saturated rings. The first-order valence-corrected chi connectivity index (χ1v) is 9.05. The number of esters is 1. The number of carbonyl (C=O) groups is 2. The van der Waals surface area contributed by atoms with Crippen molar-refractivity contribution in [2.24, 2.45) is 5.41 Å². The summed E-state index contributed by atoms with van der Waals surface area (Å²) in [6.07, 6.45) is 1.26. The van der Waals surface area contributed by atoms with Gasteiger partial charge in [0.05, 0.1) is 6.61 Å². The van der Waals surface area contributed by atoms with Gasteiger partial charge in [-0.05, 0) is 31.2 Å². The second-order valence-electron chi connectivity index (χ2n) is 7.01. The molecular formula is C17H22Cl3NO3. The van der Waals surface area contributed by atoms with Crippen molar-refractivity contribution in [1.29, 1.82) is 0 Å². The van der Waals surface area contributed by atoms with Gasteiger partial charge in [-0.3, -0.25) is 9.59 Å². The van der Waals surface area contributed by atoms with Crippen molar-refractivity contribution in [2.45, 2.75) is 57.3 Å². The fourth-order valence-electron chi connectivity index (χ4n) is 3.37. The van der Waals surface area contributed by atoms with E-state index in [1.54, 1.807) is 6.92 Å². The largest absolute Gasteiger partial charge is 0.465 e. The van der Waals surface area contributed by atoms with E-state index in [4.69, 9.17) is 39.5 Å². The van der Waals surface area contributed by atoms with E-state index in [1.165, 1.54) is 0 Å². The number of nitrogens with zero attached hydrogens (tertiary/aromatic N) is 1. The number of Topliss-reactive ketones (excluding diaryl/α,β-unsaturated/α-hetero) is 1. The molecule has 0 aromatic carbocycles. The van der Waals surface area contributed by atoms with Gasteiger partial charge < -0.3 is 9.30 Å². The lowest BCUT2D eigenvalue weighted by atomic mass is 9.75. The third-order valence-corrected chi connectivity index (χ3v) is 4.69. The molecule has 0 radical (unpaired) electrons. The van der Waals surface area contributed by atoms with Gasteiger partial charge in [0.2, 0.25) is 0 Å². The molecule has 0 saturated heterocycles. The molecule has 1 aromatic rings. The smallest absolute Gasteiger partial charge is 0.325 e. The number of carbonyl (C=O) groups excluding carboxylic acids is 2. The molecular weight excluding hydrogens is 373 g/mol. The average molecular weight is 395 g/mol. The summed E-state index contributed by atoms with van der Waals surface area (Å²) >= 11 is 17.9. The standard InChI is InChI=1S/C17H22Cl3NO3/c1-5-24-14(23)9-21-10(2)11(6-17(18,19)20)15-12(21)7-16(3,4)8-13(15)22/h5-9H2,1-4H3. The normalized spacial score (nSPS) is 16.9. The number of aromatic nitrogens is 1. The Bertz CT molecular complexity index is 672. The molecule has 4 nitrogen and oxygen atoms in total. The molecule has 1 aliphatic carbocycles. The Morgan fingerprint density at radius 1 is 1.29 bits per heavy atom. The summed E-state index contributed by atoms with van der Waals surface area (Å²) in [4.78, 5) is 24.7. The highest BCUT2D eigenvalue weighted by molar-refractivity contribution is 6.67. The second-order valence-corrected chi connectivity index (χ2v) is 9.53. The SMILES string of the molecule is CCOC(=O)Cn1c(C)c(CC(Cl)(Cl)Cl)c2c1CC(C)(C)CC2=O. The van der Waals surface area contributed by atoms with Crippen LogP contribution in [0.25, 0.3) is 0 Å². The van der Waals surface area contributed by atoms with Gasteiger partial charge in [-0.2, -0.15) is 0 Å². The van der Waals surface area contributed by atoms with Crippen molar-refractivity contribution in [2.75, 3.05) is 6.61 Å². The van der Waals surface area contributed by atoms with Crippen molar-refractivity contribution >= 4 is 46.6 Å². The first kappa shape index (κ1) is 19.6. The Labute approximate surface area is 157 Å². The molecule has 7 heteroatoms. The number of hydrogen-bond donors (Lipinski definition) is 0. The third kappa shape index (κ3) is 4.27. The van der Waals surface area contributed by atoms with E-state index < -0.39 is 3.79 Å². The summed E-state index contributed by atoms with van der Waals surface area (Å²) in [5.74, 6) is -0.300. The molecule has 0 bridgehead atoms. The van der Waals surface area contributed by atoms with E-state index in [2.05, 4.69) is 0 Å². The van der Waals surface area contributed by atoms with Gasteiger partial charge in [0.1, 0.15) is 6.54 Å². The van der Waals surface area contributed by atoms with E-state index in [-0.39, 0.29) is 30.1 Å². The van der Waals surface area contributed by atoms with E-state index in [9.17, 15) is 9.59 Å². The van der Waals surface area contributed by atoms with E-state index in [1.807, 2.05) is 25.3 Å². The van der Waals surface area contributed by atoms with Crippen LogP contribution < -0.4 is 0 Å². The summed E-state index contributed by atoms with van der Waals surface area (Å²) in [5, 5.41) is 0. The Kier molecular flexibility index (Phi) is 5.63. The molecule has 0 aliphatic heterocycles. The van der Waals surface area contributed by atoms with Crippen LogP contribution >= 0.6 is 34.8 Å². The number of ketones is 1. The van der Waals surface area contributed by atoms with E-state index in [0.29, 0.717) is 25.0 Å². The van der Waals surface area contributed by atoms with Gasteiger partial charge in [-0.1, -0.05) is 48.7 Å². The molecule has 1 heterocycles. The minimum atomic E-state index is -1.50. The Balaban J connectivity index is 2.57. The van der Waals surface area contributed by atoms with E-state index in [0.717, 1.165) is 17.0 Å². The van der Waals surface area contributed by atoms with Crippen LogP contribution in [-0.4, -0.2) is 26.7 Å². The van der Waals surface area contributed by atoms with Gasteiger partial charge >= 0.3 is 5.97 Å². The molecule has 0 atom stereocenters. The van der Waals surface area contributed by atoms with Crippen LogP contribution in [-0.2, 0) is 28.9 Å². The highest BCUT2D eigenvalue weighted by atomic mass is 35.6. The summed E-state index contributed by atoms with van der Waals surface area (Å²) in [7, 11) is 0.